The van der Waals surface area contributed by atoms with E-state index in [4.69, 9.17) is 0 Å². The highest BCUT2D eigenvalue weighted by Crippen LogP contribution is 2.14. The summed E-state index contributed by atoms with van der Waals surface area (Å²) in [4.78, 5) is 23.6. The van der Waals surface area contributed by atoms with Crippen LogP contribution in [0.1, 0.15) is 6.92 Å². The average Bonchev–Trinajstić information content (AvgIpc) is 2.25. The summed E-state index contributed by atoms with van der Waals surface area (Å²) in [7, 11) is 0. The minimum absolute atomic E-state index is 0.419. The predicted molar refractivity (Wildman–Crippen MR) is 55.5 cm³/mol. The van der Waals surface area contributed by atoms with Crippen molar-refractivity contribution in [1.29, 1.82) is 0 Å². The molecule has 0 N–H and O–H groups in total. The maximum Gasteiger partial charge on any atom is 0.377 e. The second-order valence-corrected chi connectivity index (χ2v) is 4.68. The fraction of sp³-hybridized carbons (Fsp3) is 0.778. The van der Waals surface area contributed by atoms with Crippen LogP contribution in [0.5, 0.6) is 0 Å². The average molecular weight is 253 g/mol. The topological polar surface area (TPSA) is 46.6 Å². The van der Waals surface area contributed by atoms with E-state index in [1.165, 1.54) is 4.90 Å². The molecule has 0 spiro atoms. The molecule has 0 aromatic heterocycles. The number of alkyl halides is 2. The van der Waals surface area contributed by atoms with Gasteiger partial charge in [-0.15, -0.1) is 0 Å². The molecule has 1 aliphatic rings. The van der Waals surface area contributed by atoms with E-state index in [-0.39, 0.29) is 0 Å². The van der Waals surface area contributed by atoms with Gasteiger partial charge in [0.15, 0.2) is 6.61 Å². The number of halogens is 2. The van der Waals surface area contributed by atoms with Gasteiger partial charge >= 0.3 is 11.9 Å². The SMILES string of the molecule is CC(F)(F)C(=O)OCC(=O)N1CCSCC1. The summed E-state index contributed by atoms with van der Waals surface area (Å²) in [6.07, 6.45) is 0. The highest BCUT2D eigenvalue weighted by molar-refractivity contribution is 7.99. The first-order valence-electron chi connectivity index (χ1n) is 4.82. The second-order valence-electron chi connectivity index (χ2n) is 3.46. The van der Waals surface area contributed by atoms with Gasteiger partial charge in [-0.2, -0.15) is 20.5 Å². The standard InChI is InChI=1S/C9H13F2NO3S/c1-9(10,11)8(14)15-6-7(13)12-2-4-16-5-3-12/h2-6H2,1H3. The van der Waals surface area contributed by atoms with Gasteiger partial charge in [0.2, 0.25) is 0 Å². The number of amides is 1. The van der Waals surface area contributed by atoms with Gasteiger partial charge in [-0.05, 0) is 0 Å². The van der Waals surface area contributed by atoms with Crippen LogP contribution in [0.4, 0.5) is 8.78 Å². The minimum atomic E-state index is -3.54. The summed E-state index contributed by atoms with van der Waals surface area (Å²) in [6.45, 7) is 0.984. The van der Waals surface area contributed by atoms with Crippen LogP contribution >= 0.6 is 11.8 Å². The number of hydrogen-bond acceptors (Lipinski definition) is 4. The van der Waals surface area contributed by atoms with Gasteiger partial charge in [0.1, 0.15) is 0 Å². The van der Waals surface area contributed by atoms with Crippen molar-refractivity contribution < 1.29 is 23.1 Å². The van der Waals surface area contributed by atoms with E-state index >= 15 is 0 Å². The molecule has 1 amide bonds. The molecule has 0 aliphatic carbocycles. The first kappa shape index (κ1) is 13.2. The monoisotopic (exact) mass is 253 g/mol. The molecule has 0 saturated carbocycles. The third kappa shape index (κ3) is 3.96. The van der Waals surface area contributed by atoms with Gasteiger partial charge in [-0.1, -0.05) is 0 Å². The van der Waals surface area contributed by atoms with E-state index in [2.05, 4.69) is 4.74 Å². The molecule has 1 rings (SSSR count). The molecule has 1 heterocycles. The fourth-order valence-electron chi connectivity index (χ4n) is 1.16. The van der Waals surface area contributed by atoms with Gasteiger partial charge in [-0.3, -0.25) is 4.79 Å². The van der Waals surface area contributed by atoms with E-state index in [0.29, 0.717) is 20.0 Å². The van der Waals surface area contributed by atoms with Gasteiger partial charge in [0.25, 0.3) is 5.91 Å². The molecule has 1 fully saturated rings. The summed E-state index contributed by atoms with van der Waals surface area (Å²) in [6, 6.07) is 0. The lowest BCUT2D eigenvalue weighted by atomic mass is 10.4. The summed E-state index contributed by atoms with van der Waals surface area (Å²) < 4.78 is 29.0. The highest BCUT2D eigenvalue weighted by Gasteiger charge is 2.35. The Kier molecular flexibility index (Phi) is 4.52. The number of carbonyl (C=O) groups is 2. The lowest BCUT2D eigenvalue weighted by Crippen LogP contribution is -2.41. The van der Waals surface area contributed by atoms with Crippen LogP contribution in [-0.4, -0.2) is 53.9 Å². The maximum absolute atomic E-state index is 12.4. The van der Waals surface area contributed by atoms with Gasteiger partial charge < -0.3 is 9.64 Å². The summed E-state index contributed by atoms with van der Waals surface area (Å²) in [5.74, 6) is -3.98. The number of ether oxygens (including phenoxy) is 1. The number of hydrogen-bond donors (Lipinski definition) is 0. The Labute approximate surface area is 96.3 Å². The van der Waals surface area contributed by atoms with Crippen LogP contribution in [0.2, 0.25) is 0 Å². The highest BCUT2D eigenvalue weighted by atomic mass is 32.2. The minimum Gasteiger partial charge on any atom is -0.451 e. The Hall–Kier alpha value is -0.850. The van der Waals surface area contributed by atoms with Gasteiger partial charge in [0, 0.05) is 31.5 Å². The number of nitrogens with zero attached hydrogens (tertiary/aromatic N) is 1. The number of rotatable bonds is 3. The van der Waals surface area contributed by atoms with Crippen LogP contribution in [0, 0.1) is 0 Å². The van der Waals surface area contributed by atoms with Crippen molar-refractivity contribution in [3.63, 3.8) is 0 Å². The molecule has 0 bridgehead atoms. The van der Waals surface area contributed by atoms with Crippen molar-refractivity contribution in [3.05, 3.63) is 0 Å². The third-order valence-electron chi connectivity index (χ3n) is 2.05. The zero-order valence-corrected chi connectivity index (χ0v) is 9.69. The Bertz CT molecular complexity index is 274. The van der Waals surface area contributed by atoms with Crippen molar-refractivity contribution >= 4 is 23.6 Å². The quantitative estimate of drug-likeness (QED) is 0.697. The molecular weight excluding hydrogens is 240 g/mol. The molecule has 4 nitrogen and oxygen atoms in total. The fourth-order valence-corrected chi connectivity index (χ4v) is 2.06. The summed E-state index contributed by atoms with van der Waals surface area (Å²) in [5.41, 5.74) is 0. The molecule has 7 heteroatoms. The van der Waals surface area contributed by atoms with Crippen molar-refractivity contribution in [2.24, 2.45) is 0 Å². The molecular formula is C9H13F2NO3S. The first-order chi connectivity index (χ1) is 7.41. The molecule has 16 heavy (non-hydrogen) atoms. The number of thioether (sulfide) groups is 1. The van der Waals surface area contributed by atoms with Crippen molar-refractivity contribution in [2.75, 3.05) is 31.2 Å². The molecule has 0 aromatic rings. The molecule has 0 unspecified atom stereocenters. The van der Waals surface area contributed by atoms with Crippen molar-refractivity contribution in [2.45, 2.75) is 12.8 Å². The Morgan fingerprint density at radius 2 is 1.94 bits per heavy atom. The molecule has 0 aromatic carbocycles. The largest absolute Gasteiger partial charge is 0.451 e. The smallest absolute Gasteiger partial charge is 0.377 e. The lowest BCUT2D eigenvalue weighted by molar-refractivity contribution is -0.172. The number of esters is 1. The Morgan fingerprint density at radius 1 is 1.38 bits per heavy atom. The van der Waals surface area contributed by atoms with Crippen LogP contribution < -0.4 is 0 Å². The van der Waals surface area contributed by atoms with E-state index in [1.54, 1.807) is 11.8 Å². The van der Waals surface area contributed by atoms with Gasteiger partial charge in [-0.25, -0.2) is 4.79 Å². The normalized spacial score (nSPS) is 17.1. The third-order valence-corrected chi connectivity index (χ3v) is 2.99. The van der Waals surface area contributed by atoms with Crippen molar-refractivity contribution in [3.8, 4) is 0 Å². The zero-order valence-electron chi connectivity index (χ0n) is 8.87. The van der Waals surface area contributed by atoms with Gasteiger partial charge in [0.05, 0.1) is 0 Å². The van der Waals surface area contributed by atoms with Crippen molar-refractivity contribution in [1.82, 2.24) is 4.90 Å². The van der Waals surface area contributed by atoms with Crippen LogP contribution in [0.25, 0.3) is 0 Å². The maximum atomic E-state index is 12.4. The predicted octanol–water partition coefficient (Wildman–Crippen LogP) is 0.760. The molecule has 1 saturated heterocycles. The number of carbonyl (C=O) groups excluding carboxylic acids is 2. The summed E-state index contributed by atoms with van der Waals surface area (Å²) in [5, 5.41) is 0. The lowest BCUT2D eigenvalue weighted by Gasteiger charge is -2.26. The zero-order chi connectivity index (χ0) is 12.2. The molecule has 0 atom stereocenters. The molecule has 92 valence electrons. The molecule has 0 radical (unpaired) electrons. The Balaban J connectivity index is 2.32. The van der Waals surface area contributed by atoms with E-state index in [1.807, 2.05) is 0 Å². The van der Waals surface area contributed by atoms with Crippen LogP contribution in [0.3, 0.4) is 0 Å². The van der Waals surface area contributed by atoms with E-state index in [9.17, 15) is 18.4 Å². The van der Waals surface area contributed by atoms with E-state index in [0.717, 1.165) is 11.5 Å². The second kappa shape index (κ2) is 5.47. The first-order valence-corrected chi connectivity index (χ1v) is 5.97. The Morgan fingerprint density at radius 3 is 2.44 bits per heavy atom. The molecule has 1 aliphatic heterocycles. The van der Waals surface area contributed by atoms with Crippen LogP contribution in [0.15, 0.2) is 0 Å². The van der Waals surface area contributed by atoms with E-state index < -0.39 is 24.4 Å². The summed E-state index contributed by atoms with van der Waals surface area (Å²) >= 11 is 1.72. The van der Waals surface area contributed by atoms with Crippen LogP contribution in [-0.2, 0) is 14.3 Å².